The van der Waals surface area contributed by atoms with Gasteiger partial charge in [0.2, 0.25) is 11.8 Å². The number of imide groups is 1. The number of aryl methyl sites for hydroxylation is 1. The van der Waals surface area contributed by atoms with Crippen molar-refractivity contribution >= 4 is 23.4 Å². The zero-order chi connectivity index (χ0) is 11.7. The Morgan fingerprint density at radius 2 is 1.81 bits per heavy atom. The number of hydrogen-bond donors (Lipinski definition) is 1. The molecule has 2 atom stereocenters. The highest BCUT2D eigenvalue weighted by Gasteiger charge is 2.41. The van der Waals surface area contributed by atoms with Gasteiger partial charge in [-0.1, -0.05) is 31.2 Å². The normalized spacial score (nSPS) is 24.6. The molecular formula is C12H12ClNO2. The summed E-state index contributed by atoms with van der Waals surface area (Å²) >= 11 is 5.90. The van der Waals surface area contributed by atoms with E-state index >= 15 is 0 Å². The van der Waals surface area contributed by atoms with Crippen molar-refractivity contribution in [2.45, 2.75) is 24.6 Å². The van der Waals surface area contributed by atoms with Gasteiger partial charge in [0.15, 0.2) is 0 Å². The number of halogens is 1. The van der Waals surface area contributed by atoms with E-state index < -0.39 is 17.2 Å². The molecule has 2 amide bonds. The molecule has 1 aromatic rings. The van der Waals surface area contributed by atoms with Gasteiger partial charge in [-0.3, -0.25) is 14.9 Å². The van der Waals surface area contributed by atoms with E-state index in [1.54, 1.807) is 0 Å². The van der Waals surface area contributed by atoms with E-state index in [9.17, 15) is 9.59 Å². The maximum atomic E-state index is 11.5. The van der Waals surface area contributed by atoms with Crippen LogP contribution in [0.2, 0.25) is 0 Å². The maximum Gasteiger partial charge on any atom is 0.245 e. The Bertz CT molecular complexity index is 427. The molecule has 0 radical (unpaired) electrons. The summed E-state index contributed by atoms with van der Waals surface area (Å²) in [5.74, 6) is -1.27. The minimum absolute atomic E-state index is 0.311. The first-order valence-corrected chi connectivity index (χ1v) is 5.64. The predicted octanol–water partition coefficient (Wildman–Crippen LogP) is 1.60. The largest absolute Gasteiger partial charge is 0.295 e. The molecule has 1 saturated heterocycles. The van der Waals surface area contributed by atoms with E-state index in [1.807, 2.05) is 24.3 Å². The number of carbonyl (C=O) groups is 2. The molecule has 0 saturated carbocycles. The second-order valence-corrected chi connectivity index (χ2v) is 4.30. The van der Waals surface area contributed by atoms with Crippen LogP contribution in [-0.4, -0.2) is 17.2 Å². The summed E-state index contributed by atoms with van der Waals surface area (Å²) in [6.45, 7) is 2.06. The summed E-state index contributed by atoms with van der Waals surface area (Å²) in [6, 6.07) is 7.62. The molecule has 2 unspecified atom stereocenters. The van der Waals surface area contributed by atoms with Gasteiger partial charge in [-0.15, -0.1) is 11.6 Å². The van der Waals surface area contributed by atoms with Crippen molar-refractivity contribution in [2.24, 2.45) is 0 Å². The third-order valence-corrected chi connectivity index (χ3v) is 3.27. The van der Waals surface area contributed by atoms with Crippen LogP contribution in [0.25, 0.3) is 0 Å². The number of benzene rings is 1. The first-order chi connectivity index (χ1) is 7.63. The van der Waals surface area contributed by atoms with E-state index in [2.05, 4.69) is 12.2 Å². The Hall–Kier alpha value is -1.35. The summed E-state index contributed by atoms with van der Waals surface area (Å²) in [5.41, 5.74) is 1.99. The Morgan fingerprint density at radius 3 is 2.25 bits per heavy atom. The highest BCUT2D eigenvalue weighted by Crippen LogP contribution is 2.28. The molecule has 4 heteroatoms. The average Bonchev–Trinajstić information content (AvgIpc) is 2.54. The van der Waals surface area contributed by atoms with E-state index in [4.69, 9.17) is 11.6 Å². The second kappa shape index (κ2) is 4.26. The van der Waals surface area contributed by atoms with Crippen LogP contribution in [0.15, 0.2) is 24.3 Å². The molecule has 0 spiro atoms. The zero-order valence-corrected chi connectivity index (χ0v) is 9.62. The molecule has 3 nitrogen and oxygen atoms in total. The van der Waals surface area contributed by atoms with E-state index in [0.29, 0.717) is 0 Å². The number of hydrogen-bond acceptors (Lipinski definition) is 2. The van der Waals surface area contributed by atoms with Crippen LogP contribution in [0.5, 0.6) is 0 Å². The van der Waals surface area contributed by atoms with Crippen molar-refractivity contribution in [3.8, 4) is 0 Å². The van der Waals surface area contributed by atoms with Gasteiger partial charge in [0.1, 0.15) is 5.38 Å². The lowest BCUT2D eigenvalue weighted by Crippen LogP contribution is -2.22. The van der Waals surface area contributed by atoms with Gasteiger partial charge >= 0.3 is 0 Å². The number of rotatable bonds is 2. The highest BCUT2D eigenvalue weighted by atomic mass is 35.5. The van der Waals surface area contributed by atoms with Gasteiger partial charge in [-0.2, -0.15) is 0 Å². The number of nitrogens with one attached hydrogen (secondary N) is 1. The lowest BCUT2D eigenvalue weighted by atomic mass is 9.96. The fraction of sp³-hybridized carbons (Fsp3) is 0.333. The zero-order valence-electron chi connectivity index (χ0n) is 8.87. The van der Waals surface area contributed by atoms with Crippen molar-refractivity contribution in [3.63, 3.8) is 0 Å². The van der Waals surface area contributed by atoms with Gasteiger partial charge in [0.25, 0.3) is 0 Å². The quantitative estimate of drug-likeness (QED) is 0.627. The van der Waals surface area contributed by atoms with Gasteiger partial charge in [-0.05, 0) is 17.5 Å². The Balaban J connectivity index is 2.29. The van der Waals surface area contributed by atoms with Gasteiger partial charge in [-0.25, -0.2) is 0 Å². The molecule has 1 fully saturated rings. The molecule has 1 aliphatic heterocycles. The smallest absolute Gasteiger partial charge is 0.245 e. The minimum Gasteiger partial charge on any atom is -0.295 e. The average molecular weight is 238 g/mol. The van der Waals surface area contributed by atoms with Gasteiger partial charge in [0.05, 0.1) is 5.92 Å². The van der Waals surface area contributed by atoms with Crippen molar-refractivity contribution in [1.29, 1.82) is 0 Å². The molecule has 1 heterocycles. The molecule has 84 valence electrons. The molecule has 1 aromatic carbocycles. The third kappa shape index (κ3) is 1.83. The standard InChI is InChI=1S/C12H12ClNO2/c1-2-7-3-5-8(6-4-7)9-10(13)12(16)14-11(9)15/h3-6,9-10H,2H2,1H3,(H,14,15,16). The second-order valence-electron chi connectivity index (χ2n) is 3.83. The maximum absolute atomic E-state index is 11.5. The van der Waals surface area contributed by atoms with Crippen LogP contribution in [0.4, 0.5) is 0 Å². The van der Waals surface area contributed by atoms with Gasteiger partial charge < -0.3 is 0 Å². The van der Waals surface area contributed by atoms with E-state index in [0.717, 1.165) is 12.0 Å². The van der Waals surface area contributed by atoms with Crippen LogP contribution >= 0.6 is 11.6 Å². The van der Waals surface area contributed by atoms with Gasteiger partial charge in [0, 0.05) is 0 Å². The first kappa shape index (κ1) is 11.1. The van der Waals surface area contributed by atoms with Crippen LogP contribution in [-0.2, 0) is 16.0 Å². The summed E-state index contributed by atoms with van der Waals surface area (Å²) in [7, 11) is 0. The molecule has 1 aliphatic rings. The Kier molecular flexibility index (Phi) is 2.97. The van der Waals surface area contributed by atoms with Crippen LogP contribution in [0, 0.1) is 0 Å². The predicted molar refractivity (Wildman–Crippen MR) is 61.4 cm³/mol. The molecule has 16 heavy (non-hydrogen) atoms. The summed E-state index contributed by atoms with van der Waals surface area (Å²) < 4.78 is 0. The molecule has 1 N–H and O–H groups in total. The fourth-order valence-electron chi connectivity index (χ4n) is 1.83. The van der Waals surface area contributed by atoms with Crippen molar-refractivity contribution in [1.82, 2.24) is 5.32 Å². The molecule has 0 aromatic heterocycles. The number of alkyl halides is 1. The SMILES string of the molecule is CCc1ccc(C2C(=O)NC(=O)C2Cl)cc1. The number of carbonyl (C=O) groups excluding carboxylic acids is 2. The topological polar surface area (TPSA) is 46.2 Å². The Morgan fingerprint density at radius 1 is 1.19 bits per heavy atom. The van der Waals surface area contributed by atoms with Crippen molar-refractivity contribution in [3.05, 3.63) is 35.4 Å². The highest BCUT2D eigenvalue weighted by molar-refractivity contribution is 6.37. The van der Waals surface area contributed by atoms with E-state index in [1.165, 1.54) is 5.56 Å². The van der Waals surface area contributed by atoms with Crippen LogP contribution in [0.1, 0.15) is 24.0 Å². The van der Waals surface area contributed by atoms with Crippen LogP contribution < -0.4 is 5.32 Å². The lowest BCUT2D eigenvalue weighted by molar-refractivity contribution is -0.125. The minimum atomic E-state index is -0.792. The van der Waals surface area contributed by atoms with Crippen LogP contribution in [0.3, 0.4) is 0 Å². The summed E-state index contributed by atoms with van der Waals surface area (Å²) in [4.78, 5) is 22.8. The van der Waals surface area contributed by atoms with Crippen molar-refractivity contribution in [2.75, 3.05) is 0 Å². The summed E-state index contributed by atoms with van der Waals surface area (Å²) in [5, 5.41) is 1.44. The lowest BCUT2D eigenvalue weighted by Gasteiger charge is -2.10. The van der Waals surface area contributed by atoms with E-state index in [-0.39, 0.29) is 5.91 Å². The molecule has 0 bridgehead atoms. The fourth-order valence-corrected chi connectivity index (χ4v) is 2.15. The third-order valence-electron chi connectivity index (χ3n) is 2.82. The summed E-state index contributed by atoms with van der Waals surface area (Å²) in [6.07, 6.45) is 0.945. The van der Waals surface area contributed by atoms with Crippen molar-refractivity contribution < 1.29 is 9.59 Å². The first-order valence-electron chi connectivity index (χ1n) is 5.21. The molecule has 2 rings (SSSR count). The molecular weight excluding hydrogens is 226 g/mol. The number of amides is 2. The monoisotopic (exact) mass is 237 g/mol. The molecule has 0 aliphatic carbocycles. The Labute approximate surface area is 98.8 Å².